The molecule has 0 spiro atoms. The summed E-state index contributed by atoms with van der Waals surface area (Å²) >= 11 is 0. The molecule has 5 aromatic carbocycles. The van der Waals surface area contributed by atoms with Gasteiger partial charge in [-0.1, -0.05) is 102 Å². The van der Waals surface area contributed by atoms with Crippen molar-refractivity contribution in [2.45, 2.75) is 0 Å². The van der Waals surface area contributed by atoms with Crippen LogP contribution in [0.3, 0.4) is 0 Å². The van der Waals surface area contributed by atoms with Crippen LogP contribution in [0.2, 0.25) is 0 Å². The van der Waals surface area contributed by atoms with E-state index < -0.39 is 0 Å². The van der Waals surface area contributed by atoms with Gasteiger partial charge in [-0.3, -0.25) is 19.9 Å². The molecule has 10 heteroatoms. The SMILES string of the molecule is C=[N+]1[N-]C(c2ccccc2)=[O+][C-]1c1[c-]cccc1.C=[N+]1[N-]C(c2ccccc2)=[O+][C-]1c1[c-]cccc1.C=[n+]1[n-]c(-c2ccccc2)[o+]/c1=C1/[C-]=CC=C[CH-]1.[Ir+3]. The summed E-state index contributed by atoms with van der Waals surface area (Å²) in [4.78, 5) is 0. The number of benzene rings is 5. The summed E-state index contributed by atoms with van der Waals surface area (Å²) in [5, 5.41) is 4.28. The molecule has 270 valence electrons. The molecule has 0 N–H and O–H groups in total. The van der Waals surface area contributed by atoms with Gasteiger partial charge in [0.1, 0.15) is 6.72 Å². The van der Waals surface area contributed by atoms with Crippen molar-refractivity contribution in [1.29, 1.82) is 0 Å². The van der Waals surface area contributed by atoms with E-state index in [0.29, 0.717) is 35.7 Å². The van der Waals surface area contributed by atoms with Crippen LogP contribution in [0, 0.1) is 43.8 Å². The zero-order chi connectivity index (χ0) is 37.1. The van der Waals surface area contributed by atoms with Crippen LogP contribution in [-0.4, -0.2) is 34.6 Å². The van der Waals surface area contributed by atoms with E-state index in [0.717, 1.165) is 33.4 Å². The molecule has 0 bridgehead atoms. The topological polar surface area (TPSA) is 88.1 Å². The minimum absolute atomic E-state index is 0. The van der Waals surface area contributed by atoms with Gasteiger partial charge in [-0.05, 0) is 23.3 Å². The molecule has 0 unspecified atom stereocenters. The molecule has 0 atom stereocenters. The Kier molecular flexibility index (Phi) is 12.5. The minimum atomic E-state index is 0. The van der Waals surface area contributed by atoms with E-state index in [1.54, 1.807) is 0 Å². The maximum atomic E-state index is 5.74. The van der Waals surface area contributed by atoms with Crippen LogP contribution in [0.15, 0.2) is 162 Å². The first-order valence-corrected chi connectivity index (χ1v) is 16.8. The van der Waals surface area contributed by atoms with Gasteiger partial charge in [-0.25, -0.2) is 29.0 Å². The molecule has 3 aliphatic rings. The molecule has 0 saturated heterocycles. The Bertz CT molecular complexity index is 2360. The number of nitrogens with zero attached hydrogens (tertiary/aromatic N) is 6. The van der Waals surface area contributed by atoms with Crippen molar-refractivity contribution in [3.63, 3.8) is 0 Å². The van der Waals surface area contributed by atoms with Gasteiger partial charge in [0.25, 0.3) is 0 Å². The van der Waals surface area contributed by atoms with E-state index in [2.05, 4.69) is 54.3 Å². The fourth-order valence-electron chi connectivity index (χ4n) is 5.21. The fourth-order valence-corrected chi connectivity index (χ4v) is 5.21. The molecule has 1 aliphatic carbocycles. The van der Waals surface area contributed by atoms with Gasteiger partial charge in [-0.2, -0.15) is 24.3 Å². The fraction of sp³-hybridized carbons (Fsp3) is 0. The van der Waals surface area contributed by atoms with E-state index in [1.165, 1.54) is 13.7 Å². The Morgan fingerprint density at radius 3 is 1.51 bits per heavy atom. The van der Waals surface area contributed by atoms with Gasteiger partial charge in [0, 0.05) is 13.4 Å². The minimum Gasteiger partial charge on any atom is -0.410 e. The smallest absolute Gasteiger partial charge is 0.410 e. The van der Waals surface area contributed by atoms with E-state index in [1.807, 2.05) is 164 Å². The van der Waals surface area contributed by atoms with Crippen molar-refractivity contribution in [3.8, 4) is 11.5 Å². The third-order valence-corrected chi connectivity index (χ3v) is 7.80. The summed E-state index contributed by atoms with van der Waals surface area (Å²) in [6.45, 7) is 11.5. The van der Waals surface area contributed by atoms with Crippen LogP contribution in [-0.2, 0) is 20.1 Å². The normalized spacial score (nSPS) is 14.8. The average molecular weight is 898 g/mol. The van der Waals surface area contributed by atoms with Gasteiger partial charge in [0.2, 0.25) is 0 Å². The molecule has 2 aliphatic heterocycles. The molecule has 3 heterocycles. The van der Waals surface area contributed by atoms with Gasteiger partial charge in [0.05, 0.1) is 5.56 Å². The Hall–Kier alpha value is -7.00. The van der Waals surface area contributed by atoms with Crippen LogP contribution in [0.25, 0.3) is 27.9 Å². The van der Waals surface area contributed by atoms with Crippen molar-refractivity contribution < 1.29 is 47.1 Å². The molecule has 9 nitrogen and oxygen atoms in total. The molecular weight excluding hydrogens is 865 g/mol. The Morgan fingerprint density at radius 2 is 1.07 bits per heavy atom. The number of hydrogen-bond acceptors (Lipinski definition) is 0. The van der Waals surface area contributed by atoms with E-state index >= 15 is 0 Å². The van der Waals surface area contributed by atoms with Crippen molar-refractivity contribution >= 4 is 30.8 Å². The molecule has 1 aromatic heterocycles. The number of allylic oxidation sites excluding steroid dienone is 4. The van der Waals surface area contributed by atoms with Crippen LogP contribution in [0.5, 0.6) is 0 Å². The van der Waals surface area contributed by atoms with Crippen molar-refractivity contribution in [2.75, 3.05) is 0 Å². The van der Waals surface area contributed by atoms with Crippen molar-refractivity contribution in [2.24, 2.45) is 0 Å². The van der Waals surface area contributed by atoms with Gasteiger partial charge < -0.3 is 24.8 Å². The second kappa shape index (κ2) is 18.2. The Morgan fingerprint density at radius 1 is 0.600 bits per heavy atom. The molecular formula is C45H33IrN6O3. The summed E-state index contributed by atoms with van der Waals surface area (Å²) in [5.74, 6) is 1.66. The molecule has 6 aromatic rings. The van der Waals surface area contributed by atoms with E-state index in [-0.39, 0.29) is 20.1 Å². The number of aromatic nitrogens is 2. The van der Waals surface area contributed by atoms with Crippen LogP contribution < -0.4 is 15.0 Å². The zero-order valence-electron chi connectivity index (χ0n) is 29.5. The number of rotatable bonds is 5. The van der Waals surface area contributed by atoms with Crippen molar-refractivity contribution in [1.82, 2.24) is 5.10 Å². The number of carbonyl (C=O) groups excluding carboxylic acids is 2. The molecule has 9 rings (SSSR count). The van der Waals surface area contributed by atoms with E-state index in [4.69, 9.17) is 13.3 Å². The average Bonchev–Trinajstić information content (AvgIpc) is 3.96. The molecule has 0 radical (unpaired) electrons. The molecule has 0 amide bonds. The maximum absolute atomic E-state index is 5.74. The summed E-state index contributed by atoms with van der Waals surface area (Å²) in [5.41, 5.74) is 14.4. The first kappa shape index (κ1) is 37.7. The second-order valence-electron chi connectivity index (χ2n) is 11.6. The third kappa shape index (κ3) is 9.33. The molecule has 55 heavy (non-hydrogen) atoms. The van der Waals surface area contributed by atoms with Crippen LogP contribution in [0.1, 0.15) is 31.1 Å². The first-order chi connectivity index (χ1) is 26.5. The maximum Gasteiger partial charge on any atom is 3.00 e. The standard InChI is InChI=1S/3C15H11N2O.Ir/c3*1-17-15(13-10-6-3-7-11-13)18-14(16-17)12-8-4-2-5-9-12;/h3*2-10H,1H2;/q3*-1;+3/b15-13+;;;. The van der Waals surface area contributed by atoms with E-state index in [9.17, 15) is 0 Å². The predicted octanol–water partition coefficient (Wildman–Crippen LogP) is 6.83. The van der Waals surface area contributed by atoms with Gasteiger partial charge >= 0.3 is 44.0 Å². The van der Waals surface area contributed by atoms with Crippen LogP contribution in [0.4, 0.5) is 0 Å². The van der Waals surface area contributed by atoms with Crippen LogP contribution >= 0.6 is 0 Å². The molecule has 0 saturated carbocycles. The number of amides is 2. The van der Waals surface area contributed by atoms with Crippen molar-refractivity contribution in [3.05, 3.63) is 240 Å². The first-order valence-electron chi connectivity index (χ1n) is 16.8. The van der Waals surface area contributed by atoms with Gasteiger partial charge in [-0.15, -0.1) is 29.8 Å². The second-order valence-corrected chi connectivity index (χ2v) is 11.6. The zero-order valence-corrected chi connectivity index (χ0v) is 31.8. The molecule has 0 fully saturated rings. The third-order valence-electron chi connectivity index (χ3n) is 7.80. The summed E-state index contributed by atoms with van der Waals surface area (Å²) in [6, 6.07) is 50.6. The number of hydrogen-bond donors (Lipinski definition) is 0. The summed E-state index contributed by atoms with van der Waals surface area (Å²) in [6.07, 6.45) is 11.9. The Labute approximate surface area is 333 Å². The van der Waals surface area contributed by atoms with Gasteiger partial charge in [0.15, 0.2) is 11.8 Å². The Balaban J connectivity index is 0.000000139. The summed E-state index contributed by atoms with van der Waals surface area (Å²) in [7, 11) is 0. The quantitative estimate of drug-likeness (QED) is 0.108. The largest absolute Gasteiger partial charge is 3.00 e. The summed E-state index contributed by atoms with van der Waals surface area (Å²) < 4.78 is 21.7. The monoisotopic (exact) mass is 898 g/mol. The predicted molar refractivity (Wildman–Crippen MR) is 205 cm³/mol.